The van der Waals surface area contributed by atoms with Gasteiger partial charge in [0.25, 0.3) is 0 Å². The summed E-state index contributed by atoms with van der Waals surface area (Å²) in [5.74, 6) is 0. The van der Waals surface area contributed by atoms with Crippen LogP contribution in [0.1, 0.15) is 12.0 Å². The zero-order chi connectivity index (χ0) is 18.5. The molecule has 1 unspecified atom stereocenters. The largest absolute Gasteiger partial charge is 0.397 e. The molecule has 3 atom stereocenters. The van der Waals surface area contributed by atoms with E-state index in [0.29, 0.717) is 0 Å². The first-order chi connectivity index (χ1) is 11.6. The van der Waals surface area contributed by atoms with E-state index in [9.17, 15) is 16.8 Å². The van der Waals surface area contributed by atoms with E-state index in [2.05, 4.69) is 8.37 Å². The highest BCUT2D eigenvalue weighted by Crippen LogP contribution is 2.24. The van der Waals surface area contributed by atoms with Gasteiger partial charge in [-0.05, 0) is 12.0 Å². The van der Waals surface area contributed by atoms with Crippen LogP contribution in [0.2, 0.25) is 0 Å². The Hall–Kier alpha value is -1.12. The molecule has 142 valence electrons. The fourth-order valence-electron chi connectivity index (χ4n) is 2.35. The van der Waals surface area contributed by atoms with Gasteiger partial charge in [0.2, 0.25) is 0 Å². The van der Waals surface area contributed by atoms with Gasteiger partial charge in [-0.25, -0.2) is 8.37 Å². The Morgan fingerprint density at radius 3 is 2.36 bits per heavy atom. The summed E-state index contributed by atoms with van der Waals surface area (Å²) >= 11 is 0. The second kappa shape index (κ2) is 8.51. The lowest BCUT2D eigenvalue weighted by Gasteiger charge is -2.36. The second-order valence-corrected chi connectivity index (χ2v) is 7.37. The van der Waals surface area contributed by atoms with Crippen molar-refractivity contribution in [1.29, 1.82) is 0 Å². The number of rotatable bonds is 8. The van der Waals surface area contributed by atoms with Gasteiger partial charge in [0.05, 0.1) is 19.3 Å². The standard InChI is InChI=1S/C13H18O10S2/c14-24(15,16)22-9-12-13(23-25(17,18)19)11(6-7-20-12)21-8-10-4-2-1-3-5-10/h1-5,11-13H,6-9H2,(H,14,15,16)(H,17,18,19)/t11-,12-,13?/m1/s1. The van der Waals surface area contributed by atoms with Crippen LogP contribution in [0.4, 0.5) is 0 Å². The van der Waals surface area contributed by atoms with Crippen LogP contribution in [0.5, 0.6) is 0 Å². The fraction of sp³-hybridized carbons (Fsp3) is 0.538. The van der Waals surface area contributed by atoms with Crippen LogP contribution in [0, 0.1) is 0 Å². The van der Waals surface area contributed by atoms with Gasteiger partial charge >= 0.3 is 20.8 Å². The number of ether oxygens (including phenoxy) is 2. The van der Waals surface area contributed by atoms with Crippen molar-refractivity contribution < 1.29 is 43.8 Å². The molecule has 2 N–H and O–H groups in total. The molecule has 1 heterocycles. The van der Waals surface area contributed by atoms with Crippen LogP contribution >= 0.6 is 0 Å². The molecule has 1 fully saturated rings. The SMILES string of the molecule is O=S(=O)(O)OC[C@H]1OCC[C@@H](OCc2ccccc2)C1OS(=O)(=O)O. The lowest BCUT2D eigenvalue weighted by Crippen LogP contribution is -2.50. The molecular weight excluding hydrogens is 380 g/mol. The third kappa shape index (κ3) is 7.33. The lowest BCUT2D eigenvalue weighted by atomic mass is 10.0. The summed E-state index contributed by atoms with van der Waals surface area (Å²) in [6, 6.07) is 9.04. The van der Waals surface area contributed by atoms with E-state index in [1.54, 1.807) is 24.3 Å². The van der Waals surface area contributed by atoms with Crippen molar-refractivity contribution in [3.8, 4) is 0 Å². The average molecular weight is 398 g/mol. The molecule has 1 saturated heterocycles. The molecular formula is C13H18O10S2. The second-order valence-electron chi connectivity index (χ2n) is 5.23. The molecule has 0 spiro atoms. The molecule has 1 aromatic carbocycles. The predicted octanol–water partition coefficient (Wildman–Crippen LogP) is 0.368. The van der Waals surface area contributed by atoms with Crippen molar-refractivity contribution in [2.75, 3.05) is 13.2 Å². The van der Waals surface area contributed by atoms with E-state index >= 15 is 0 Å². The van der Waals surface area contributed by atoms with Crippen molar-refractivity contribution in [1.82, 2.24) is 0 Å². The molecule has 1 aromatic rings. The highest BCUT2D eigenvalue weighted by Gasteiger charge is 2.40. The Morgan fingerprint density at radius 2 is 1.76 bits per heavy atom. The summed E-state index contributed by atoms with van der Waals surface area (Å²) in [4.78, 5) is 0. The topological polar surface area (TPSA) is 146 Å². The maximum atomic E-state index is 11.1. The highest BCUT2D eigenvalue weighted by molar-refractivity contribution is 7.81. The molecule has 0 radical (unpaired) electrons. The minimum atomic E-state index is -4.85. The molecule has 0 saturated carbocycles. The van der Waals surface area contributed by atoms with Gasteiger partial charge in [-0.3, -0.25) is 9.11 Å². The minimum absolute atomic E-state index is 0.115. The van der Waals surface area contributed by atoms with E-state index in [0.717, 1.165) is 5.56 Å². The Balaban J connectivity index is 2.08. The fourth-order valence-corrected chi connectivity index (χ4v) is 3.18. The summed E-state index contributed by atoms with van der Waals surface area (Å²) in [6.45, 7) is -0.447. The Labute approximate surface area is 145 Å². The van der Waals surface area contributed by atoms with E-state index in [4.69, 9.17) is 18.6 Å². The van der Waals surface area contributed by atoms with Crippen LogP contribution in [0.3, 0.4) is 0 Å². The molecule has 0 aromatic heterocycles. The predicted molar refractivity (Wildman–Crippen MR) is 83.3 cm³/mol. The molecule has 1 aliphatic rings. The van der Waals surface area contributed by atoms with Crippen LogP contribution in [0.25, 0.3) is 0 Å². The van der Waals surface area contributed by atoms with Gasteiger partial charge in [-0.1, -0.05) is 30.3 Å². The van der Waals surface area contributed by atoms with E-state index in [1.807, 2.05) is 6.07 Å². The molecule has 10 nitrogen and oxygen atoms in total. The zero-order valence-electron chi connectivity index (χ0n) is 12.9. The summed E-state index contributed by atoms with van der Waals surface area (Å²) in [5, 5.41) is 0. The van der Waals surface area contributed by atoms with Crippen molar-refractivity contribution in [3.05, 3.63) is 35.9 Å². The Morgan fingerprint density at radius 1 is 1.08 bits per heavy atom. The Bertz CT molecular complexity index is 746. The van der Waals surface area contributed by atoms with Gasteiger partial charge in [0.15, 0.2) is 0 Å². The normalized spacial score (nSPS) is 25.0. The molecule has 12 heteroatoms. The molecule has 1 aliphatic heterocycles. The van der Waals surface area contributed by atoms with Crippen LogP contribution < -0.4 is 0 Å². The third-order valence-corrected chi connectivity index (χ3v) is 4.29. The maximum Gasteiger partial charge on any atom is 0.397 e. The highest BCUT2D eigenvalue weighted by atomic mass is 32.3. The van der Waals surface area contributed by atoms with Gasteiger partial charge in [0, 0.05) is 6.61 Å². The monoisotopic (exact) mass is 398 g/mol. The van der Waals surface area contributed by atoms with Gasteiger partial charge in [0.1, 0.15) is 12.2 Å². The van der Waals surface area contributed by atoms with Gasteiger partial charge < -0.3 is 9.47 Å². The summed E-state index contributed by atoms with van der Waals surface area (Å²) < 4.78 is 80.8. The number of benzene rings is 1. The van der Waals surface area contributed by atoms with Gasteiger partial charge in [-0.15, -0.1) is 0 Å². The van der Waals surface area contributed by atoms with E-state index < -0.39 is 45.7 Å². The van der Waals surface area contributed by atoms with Crippen molar-refractivity contribution in [2.45, 2.75) is 31.3 Å². The summed E-state index contributed by atoms with van der Waals surface area (Å²) in [6.07, 6.45) is -3.12. The van der Waals surface area contributed by atoms with Gasteiger partial charge in [-0.2, -0.15) is 16.8 Å². The lowest BCUT2D eigenvalue weighted by molar-refractivity contribution is -0.157. The number of hydrogen-bond donors (Lipinski definition) is 2. The third-order valence-electron chi connectivity index (χ3n) is 3.39. The van der Waals surface area contributed by atoms with Crippen molar-refractivity contribution >= 4 is 20.8 Å². The summed E-state index contributed by atoms with van der Waals surface area (Å²) in [7, 11) is -9.61. The molecule has 0 aliphatic carbocycles. The zero-order valence-corrected chi connectivity index (χ0v) is 14.6. The van der Waals surface area contributed by atoms with Crippen LogP contribution in [-0.4, -0.2) is 57.5 Å². The van der Waals surface area contributed by atoms with Crippen LogP contribution in [0.15, 0.2) is 30.3 Å². The van der Waals surface area contributed by atoms with E-state index in [-0.39, 0.29) is 19.6 Å². The summed E-state index contributed by atoms with van der Waals surface area (Å²) in [5.41, 5.74) is 0.824. The smallest absolute Gasteiger partial charge is 0.373 e. The van der Waals surface area contributed by atoms with E-state index in [1.165, 1.54) is 0 Å². The minimum Gasteiger partial charge on any atom is -0.373 e. The molecule has 25 heavy (non-hydrogen) atoms. The van der Waals surface area contributed by atoms with Crippen molar-refractivity contribution in [2.24, 2.45) is 0 Å². The quantitative estimate of drug-likeness (QED) is 0.589. The molecule has 0 bridgehead atoms. The van der Waals surface area contributed by atoms with Crippen LogP contribution in [-0.2, 0) is 45.2 Å². The number of hydrogen-bond acceptors (Lipinski definition) is 8. The first kappa shape index (κ1) is 20.2. The average Bonchev–Trinajstić information content (AvgIpc) is 2.51. The Kier molecular flexibility index (Phi) is 6.87. The first-order valence-corrected chi connectivity index (χ1v) is 9.92. The molecule has 0 amide bonds. The van der Waals surface area contributed by atoms with Crippen molar-refractivity contribution in [3.63, 3.8) is 0 Å². The molecule has 2 rings (SSSR count). The first-order valence-electron chi connectivity index (χ1n) is 7.19. The maximum absolute atomic E-state index is 11.1.